The van der Waals surface area contributed by atoms with Crippen LogP contribution < -0.4 is 4.74 Å². The van der Waals surface area contributed by atoms with Gasteiger partial charge in [-0.15, -0.1) is 11.3 Å². The van der Waals surface area contributed by atoms with Gasteiger partial charge < -0.3 is 14.5 Å². The molecular weight excluding hydrogens is 360 g/mol. The molecule has 0 spiro atoms. The summed E-state index contributed by atoms with van der Waals surface area (Å²) in [6.07, 6.45) is 1.70. The van der Waals surface area contributed by atoms with Gasteiger partial charge in [0.25, 0.3) is 0 Å². The highest BCUT2D eigenvalue weighted by Gasteiger charge is 2.33. The molecule has 0 N–H and O–H groups in total. The Morgan fingerprint density at radius 2 is 2.00 bits per heavy atom. The fourth-order valence-corrected chi connectivity index (χ4v) is 4.51. The number of carbonyl (C=O) groups is 2. The van der Waals surface area contributed by atoms with E-state index in [4.69, 9.17) is 4.74 Å². The number of hydrogen-bond acceptors (Lipinski definition) is 4. The van der Waals surface area contributed by atoms with E-state index in [9.17, 15) is 9.59 Å². The van der Waals surface area contributed by atoms with Gasteiger partial charge in [0.05, 0.1) is 19.7 Å². The van der Waals surface area contributed by atoms with Crippen molar-refractivity contribution in [2.75, 3.05) is 26.7 Å². The molecule has 2 aromatic rings. The minimum atomic E-state index is -0.117. The first-order valence-electron chi connectivity index (χ1n) is 9.30. The molecule has 3 rings (SSSR count). The maximum Gasteiger partial charge on any atom is 0.242 e. The average molecular weight is 387 g/mol. The molecule has 1 aliphatic rings. The zero-order valence-corrected chi connectivity index (χ0v) is 16.9. The molecule has 0 aliphatic carbocycles. The van der Waals surface area contributed by atoms with Crippen molar-refractivity contribution in [2.45, 2.75) is 32.7 Å². The standard InChI is InChI=1S/C21H26N2O3S/c1-4-11-22(15(2)24)14-20(25)23-12-9-19-18(10-13-27-19)21(23)16-5-7-17(26-3)8-6-16/h5-8,10,13,21H,4,9,11-12,14H2,1-3H3/t21-/m0/s1. The van der Waals surface area contributed by atoms with Gasteiger partial charge in [0.15, 0.2) is 0 Å². The van der Waals surface area contributed by atoms with Crippen molar-refractivity contribution in [1.82, 2.24) is 9.80 Å². The van der Waals surface area contributed by atoms with Gasteiger partial charge in [-0.05, 0) is 47.5 Å². The molecule has 2 heterocycles. The number of fused-ring (bicyclic) bond motifs is 1. The third-order valence-electron chi connectivity index (χ3n) is 4.98. The van der Waals surface area contributed by atoms with E-state index in [-0.39, 0.29) is 24.4 Å². The number of rotatable bonds is 6. The number of thiophene rings is 1. The minimum Gasteiger partial charge on any atom is -0.497 e. The maximum absolute atomic E-state index is 13.1. The van der Waals surface area contributed by atoms with Crippen LogP contribution in [0.4, 0.5) is 0 Å². The second kappa shape index (κ2) is 8.57. The van der Waals surface area contributed by atoms with Gasteiger partial charge in [0, 0.05) is 24.9 Å². The van der Waals surface area contributed by atoms with Crippen molar-refractivity contribution in [2.24, 2.45) is 0 Å². The number of methoxy groups -OCH3 is 1. The smallest absolute Gasteiger partial charge is 0.242 e. The number of benzene rings is 1. The van der Waals surface area contributed by atoms with Crippen LogP contribution in [-0.4, -0.2) is 48.4 Å². The van der Waals surface area contributed by atoms with E-state index < -0.39 is 0 Å². The van der Waals surface area contributed by atoms with E-state index in [1.165, 1.54) is 17.4 Å². The lowest BCUT2D eigenvalue weighted by molar-refractivity contribution is -0.140. The Kier molecular flexibility index (Phi) is 6.16. The Morgan fingerprint density at radius 1 is 1.26 bits per heavy atom. The lowest BCUT2D eigenvalue weighted by Crippen LogP contribution is -2.46. The van der Waals surface area contributed by atoms with Crippen LogP contribution in [0.25, 0.3) is 0 Å². The van der Waals surface area contributed by atoms with E-state index in [1.54, 1.807) is 23.3 Å². The molecule has 0 saturated carbocycles. The molecule has 27 heavy (non-hydrogen) atoms. The summed E-state index contributed by atoms with van der Waals surface area (Å²) >= 11 is 1.74. The molecule has 5 nitrogen and oxygen atoms in total. The fraction of sp³-hybridized carbons (Fsp3) is 0.429. The van der Waals surface area contributed by atoms with E-state index >= 15 is 0 Å². The molecule has 1 aromatic carbocycles. The molecule has 1 atom stereocenters. The predicted molar refractivity (Wildman–Crippen MR) is 107 cm³/mol. The van der Waals surface area contributed by atoms with Crippen LogP contribution in [0, 0.1) is 0 Å². The Hall–Kier alpha value is -2.34. The molecule has 0 radical (unpaired) electrons. The van der Waals surface area contributed by atoms with Gasteiger partial charge in [0.2, 0.25) is 11.8 Å². The maximum atomic E-state index is 13.1. The zero-order valence-electron chi connectivity index (χ0n) is 16.1. The highest BCUT2D eigenvalue weighted by Crippen LogP contribution is 2.38. The lowest BCUT2D eigenvalue weighted by atomic mass is 9.93. The number of nitrogens with zero attached hydrogens (tertiary/aromatic N) is 2. The first-order chi connectivity index (χ1) is 13.0. The fourth-order valence-electron chi connectivity index (χ4n) is 3.60. The number of carbonyl (C=O) groups excluding carboxylic acids is 2. The van der Waals surface area contributed by atoms with E-state index in [0.717, 1.165) is 24.2 Å². The monoisotopic (exact) mass is 386 g/mol. The van der Waals surface area contributed by atoms with Crippen molar-refractivity contribution in [3.05, 3.63) is 51.7 Å². The molecule has 0 unspecified atom stereocenters. The van der Waals surface area contributed by atoms with Crippen LogP contribution in [0.1, 0.15) is 42.3 Å². The quantitative estimate of drug-likeness (QED) is 0.764. The van der Waals surface area contributed by atoms with Crippen LogP contribution in [0.5, 0.6) is 5.75 Å². The third-order valence-corrected chi connectivity index (χ3v) is 5.98. The van der Waals surface area contributed by atoms with Crippen molar-refractivity contribution >= 4 is 23.2 Å². The van der Waals surface area contributed by atoms with Gasteiger partial charge in [-0.1, -0.05) is 19.1 Å². The first-order valence-corrected chi connectivity index (χ1v) is 10.2. The van der Waals surface area contributed by atoms with Crippen molar-refractivity contribution < 1.29 is 14.3 Å². The van der Waals surface area contributed by atoms with Crippen LogP contribution in [-0.2, 0) is 16.0 Å². The second-order valence-corrected chi connectivity index (χ2v) is 7.75. The lowest BCUT2D eigenvalue weighted by Gasteiger charge is -2.37. The average Bonchev–Trinajstić information content (AvgIpc) is 3.15. The Bertz CT molecular complexity index is 800. The normalized spacial score (nSPS) is 16.0. The Labute approximate surface area is 164 Å². The summed E-state index contributed by atoms with van der Waals surface area (Å²) in [5.41, 5.74) is 2.25. The summed E-state index contributed by atoms with van der Waals surface area (Å²) < 4.78 is 5.27. The molecule has 0 saturated heterocycles. The van der Waals surface area contributed by atoms with Gasteiger partial charge in [-0.2, -0.15) is 0 Å². The van der Waals surface area contributed by atoms with Crippen LogP contribution in [0.2, 0.25) is 0 Å². The van der Waals surface area contributed by atoms with Gasteiger partial charge >= 0.3 is 0 Å². The molecule has 1 aromatic heterocycles. The minimum absolute atomic E-state index is 0.00341. The number of amides is 2. The zero-order chi connectivity index (χ0) is 19.4. The topological polar surface area (TPSA) is 49.9 Å². The summed E-state index contributed by atoms with van der Waals surface area (Å²) in [7, 11) is 1.65. The highest BCUT2D eigenvalue weighted by molar-refractivity contribution is 7.10. The molecule has 0 bridgehead atoms. The Morgan fingerprint density at radius 3 is 2.63 bits per heavy atom. The summed E-state index contributed by atoms with van der Waals surface area (Å²) in [6, 6.07) is 9.89. The Balaban J connectivity index is 1.90. The number of ether oxygens (including phenoxy) is 1. The predicted octanol–water partition coefficient (Wildman–Crippen LogP) is 3.49. The van der Waals surface area contributed by atoms with E-state index in [2.05, 4.69) is 11.4 Å². The van der Waals surface area contributed by atoms with Crippen LogP contribution >= 0.6 is 11.3 Å². The molecule has 0 fully saturated rings. The molecule has 2 amide bonds. The molecular formula is C21H26N2O3S. The van der Waals surface area contributed by atoms with Crippen LogP contribution in [0.3, 0.4) is 0 Å². The summed E-state index contributed by atoms with van der Waals surface area (Å²) in [4.78, 5) is 29.9. The first kappa shape index (κ1) is 19.4. The second-order valence-electron chi connectivity index (χ2n) is 6.75. The van der Waals surface area contributed by atoms with Crippen LogP contribution in [0.15, 0.2) is 35.7 Å². The molecule has 144 valence electrons. The largest absolute Gasteiger partial charge is 0.497 e. The van der Waals surface area contributed by atoms with Gasteiger partial charge in [-0.3, -0.25) is 9.59 Å². The van der Waals surface area contributed by atoms with E-state index in [0.29, 0.717) is 13.1 Å². The summed E-state index contributed by atoms with van der Waals surface area (Å²) in [5, 5.41) is 2.09. The highest BCUT2D eigenvalue weighted by atomic mass is 32.1. The molecule has 1 aliphatic heterocycles. The number of hydrogen-bond donors (Lipinski definition) is 0. The van der Waals surface area contributed by atoms with Crippen molar-refractivity contribution in [3.8, 4) is 5.75 Å². The van der Waals surface area contributed by atoms with E-state index in [1.807, 2.05) is 36.1 Å². The van der Waals surface area contributed by atoms with Crippen molar-refractivity contribution in [3.63, 3.8) is 0 Å². The van der Waals surface area contributed by atoms with Gasteiger partial charge in [-0.25, -0.2) is 0 Å². The van der Waals surface area contributed by atoms with Crippen molar-refractivity contribution in [1.29, 1.82) is 0 Å². The third kappa shape index (κ3) is 4.16. The molecule has 6 heteroatoms. The van der Waals surface area contributed by atoms with Gasteiger partial charge in [0.1, 0.15) is 5.75 Å². The SMILES string of the molecule is CCCN(CC(=O)N1CCc2sccc2[C@@H]1c1ccc(OC)cc1)C(C)=O. The summed E-state index contributed by atoms with van der Waals surface area (Å²) in [6.45, 7) is 4.94. The summed E-state index contributed by atoms with van der Waals surface area (Å²) in [5.74, 6) is 0.736.